The highest BCUT2D eigenvalue weighted by Crippen LogP contribution is 2.32. The van der Waals surface area contributed by atoms with Crippen molar-refractivity contribution >= 4 is 15.9 Å². The predicted octanol–water partition coefficient (Wildman–Crippen LogP) is 4.59. The first-order chi connectivity index (χ1) is 9.72. The van der Waals surface area contributed by atoms with Gasteiger partial charge in [0.05, 0.1) is 21.5 Å². The number of aromatic nitrogens is 2. The average molecular weight is 359 g/mol. The third-order valence-corrected chi connectivity index (χ3v) is 4.68. The van der Waals surface area contributed by atoms with Crippen LogP contribution in [0.25, 0.3) is 0 Å². The van der Waals surface area contributed by atoms with Gasteiger partial charge in [-0.2, -0.15) is 5.10 Å². The van der Waals surface area contributed by atoms with Crippen molar-refractivity contribution in [2.75, 3.05) is 0 Å². The van der Waals surface area contributed by atoms with Crippen LogP contribution in [0.5, 0.6) is 0 Å². The lowest BCUT2D eigenvalue weighted by molar-refractivity contribution is -0.00107. The van der Waals surface area contributed by atoms with E-state index in [2.05, 4.69) is 62.6 Å². The molecule has 0 atom stereocenters. The van der Waals surface area contributed by atoms with E-state index in [1.54, 1.807) is 0 Å². The Labute approximate surface area is 138 Å². The van der Waals surface area contributed by atoms with Gasteiger partial charge in [-0.05, 0) is 54.0 Å². The summed E-state index contributed by atoms with van der Waals surface area (Å²) in [6, 6.07) is 0. The van der Waals surface area contributed by atoms with Gasteiger partial charge in [0.15, 0.2) is 0 Å². The third-order valence-electron chi connectivity index (χ3n) is 3.77. The van der Waals surface area contributed by atoms with Crippen molar-refractivity contribution < 1.29 is 5.11 Å². The van der Waals surface area contributed by atoms with Crippen LogP contribution in [0, 0.1) is 11.8 Å². The summed E-state index contributed by atoms with van der Waals surface area (Å²) in [6.45, 7) is 13.8. The van der Waals surface area contributed by atoms with Gasteiger partial charge in [0.2, 0.25) is 0 Å². The molecule has 0 aromatic carbocycles. The summed E-state index contributed by atoms with van der Waals surface area (Å²) in [5.74, 6) is 0.965. The number of aliphatic hydroxyl groups is 1. The second kappa shape index (κ2) is 7.77. The van der Waals surface area contributed by atoms with E-state index in [9.17, 15) is 5.11 Å². The van der Waals surface area contributed by atoms with Gasteiger partial charge in [-0.1, -0.05) is 34.6 Å². The molecule has 1 aromatic heterocycles. The zero-order chi connectivity index (χ0) is 16.2. The van der Waals surface area contributed by atoms with Crippen molar-refractivity contribution in [2.24, 2.45) is 11.8 Å². The van der Waals surface area contributed by atoms with E-state index in [-0.39, 0.29) is 0 Å². The van der Waals surface area contributed by atoms with E-state index in [4.69, 9.17) is 0 Å². The number of nitrogens with zero attached hydrogens (tertiary/aromatic N) is 2. The lowest BCUT2D eigenvalue weighted by Gasteiger charge is -2.32. The Morgan fingerprint density at radius 3 is 2.05 bits per heavy atom. The number of halogens is 1. The molecule has 4 heteroatoms. The van der Waals surface area contributed by atoms with Crippen LogP contribution >= 0.6 is 15.9 Å². The second-order valence-corrected chi connectivity index (χ2v) is 7.77. The molecule has 1 aromatic rings. The molecule has 1 N–H and O–H groups in total. The summed E-state index contributed by atoms with van der Waals surface area (Å²) in [5.41, 5.74) is 1.57. The van der Waals surface area contributed by atoms with Gasteiger partial charge in [-0.3, -0.25) is 4.68 Å². The molecule has 1 rings (SSSR count). The molecule has 0 aliphatic heterocycles. The van der Waals surface area contributed by atoms with Crippen molar-refractivity contribution in [3.63, 3.8) is 0 Å². The van der Waals surface area contributed by atoms with Gasteiger partial charge < -0.3 is 5.11 Å². The first-order valence-corrected chi connectivity index (χ1v) is 8.98. The Morgan fingerprint density at radius 1 is 1.14 bits per heavy atom. The number of hydrogen-bond donors (Lipinski definition) is 1. The van der Waals surface area contributed by atoms with Crippen molar-refractivity contribution in [1.29, 1.82) is 0 Å². The highest BCUT2D eigenvalue weighted by atomic mass is 79.9. The first kappa shape index (κ1) is 18.7. The number of hydrogen-bond acceptors (Lipinski definition) is 2. The fourth-order valence-electron chi connectivity index (χ4n) is 3.25. The van der Waals surface area contributed by atoms with E-state index >= 15 is 0 Å². The third kappa shape index (κ3) is 5.10. The summed E-state index contributed by atoms with van der Waals surface area (Å²) in [5, 5.41) is 15.8. The highest BCUT2D eigenvalue weighted by molar-refractivity contribution is 9.10. The van der Waals surface area contributed by atoms with E-state index in [0.717, 1.165) is 41.7 Å². The Kier molecular flexibility index (Phi) is 6.92. The maximum Gasteiger partial charge on any atom is 0.0766 e. The van der Waals surface area contributed by atoms with Crippen LogP contribution in [0.1, 0.15) is 65.8 Å². The largest absolute Gasteiger partial charge is 0.389 e. The van der Waals surface area contributed by atoms with Crippen LogP contribution in [-0.4, -0.2) is 20.5 Å². The molecule has 0 saturated heterocycles. The summed E-state index contributed by atoms with van der Waals surface area (Å²) in [6.07, 6.45) is 3.24. The molecule has 0 radical (unpaired) electrons. The van der Waals surface area contributed by atoms with Gasteiger partial charge in [0.1, 0.15) is 0 Å². The molecule has 3 nitrogen and oxygen atoms in total. The minimum Gasteiger partial charge on any atom is -0.389 e. The molecule has 0 aliphatic carbocycles. The zero-order valence-corrected chi connectivity index (χ0v) is 16.0. The molecular formula is C17H31BrN2O. The van der Waals surface area contributed by atoms with Crippen molar-refractivity contribution in [1.82, 2.24) is 9.78 Å². The standard InChI is InChI=1S/C17H31BrN2O/c1-7-14-16(18)15(20(8-2)19-14)11-17(21,9-12(3)4)10-13(5)6/h12-13,21H,7-11H2,1-6H3. The quantitative estimate of drug-likeness (QED) is 0.737. The molecule has 0 bridgehead atoms. The highest BCUT2D eigenvalue weighted by Gasteiger charge is 2.32. The van der Waals surface area contributed by atoms with Crippen LogP contribution in [0.2, 0.25) is 0 Å². The lowest BCUT2D eigenvalue weighted by atomic mass is 9.81. The van der Waals surface area contributed by atoms with E-state index in [1.807, 2.05) is 4.68 Å². The molecule has 1 heterocycles. The smallest absolute Gasteiger partial charge is 0.0766 e. The van der Waals surface area contributed by atoms with Crippen molar-refractivity contribution in [2.45, 2.75) is 79.4 Å². The Bertz CT molecular complexity index is 442. The van der Waals surface area contributed by atoms with E-state index < -0.39 is 5.60 Å². The Balaban J connectivity index is 3.10. The summed E-state index contributed by atoms with van der Waals surface area (Å²) < 4.78 is 3.12. The maximum atomic E-state index is 11.2. The summed E-state index contributed by atoms with van der Waals surface area (Å²) in [4.78, 5) is 0. The fourth-order valence-corrected chi connectivity index (χ4v) is 3.95. The molecule has 0 unspecified atom stereocenters. The van der Waals surface area contributed by atoms with Gasteiger partial charge in [0, 0.05) is 13.0 Å². The van der Waals surface area contributed by atoms with Crippen molar-refractivity contribution in [3.8, 4) is 0 Å². The van der Waals surface area contributed by atoms with Crippen molar-refractivity contribution in [3.05, 3.63) is 15.9 Å². The van der Waals surface area contributed by atoms with Gasteiger partial charge >= 0.3 is 0 Å². The first-order valence-electron chi connectivity index (χ1n) is 8.18. The van der Waals surface area contributed by atoms with Gasteiger partial charge in [0.25, 0.3) is 0 Å². The molecule has 122 valence electrons. The second-order valence-electron chi connectivity index (χ2n) is 6.97. The Morgan fingerprint density at radius 2 is 1.67 bits per heavy atom. The predicted molar refractivity (Wildman–Crippen MR) is 92.5 cm³/mol. The monoisotopic (exact) mass is 358 g/mol. The number of rotatable bonds is 8. The average Bonchev–Trinajstić information content (AvgIpc) is 2.63. The maximum absolute atomic E-state index is 11.2. The minimum absolute atomic E-state index is 0.483. The van der Waals surface area contributed by atoms with E-state index in [0.29, 0.717) is 18.3 Å². The number of aryl methyl sites for hydroxylation is 2. The molecule has 0 amide bonds. The van der Waals surface area contributed by atoms with E-state index in [1.165, 1.54) is 0 Å². The SMILES string of the molecule is CCc1nn(CC)c(CC(O)(CC(C)C)CC(C)C)c1Br. The normalized spacial score (nSPS) is 12.7. The van der Waals surface area contributed by atoms with Crippen LogP contribution in [0.15, 0.2) is 4.47 Å². The van der Waals surface area contributed by atoms with Crippen LogP contribution < -0.4 is 0 Å². The molecule has 0 spiro atoms. The Hall–Kier alpha value is -0.350. The molecule has 0 aliphatic rings. The fraction of sp³-hybridized carbons (Fsp3) is 0.824. The molecule has 21 heavy (non-hydrogen) atoms. The van der Waals surface area contributed by atoms with Gasteiger partial charge in [-0.15, -0.1) is 0 Å². The topological polar surface area (TPSA) is 38.0 Å². The zero-order valence-electron chi connectivity index (χ0n) is 14.4. The lowest BCUT2D eigenvalue weighted by Crippen LogP contribution is -2.36. The van der Waals surface area contributed by atoms with Crippen LogP contribution in [-0.2, 0) is 19.4 Å². The van der Waals surface area contributed by atoms with Crippen LogP contribution in [0.3, 0.4) is 0 Å². The summed E-state index contributed by atoms with van der Waals surface area (Å²) >= 11 is 3.69. The minimum atomic E-state index is -0.650. The van der Waals surface area contributed by atoms with Gasteiger partial charge in [-0.25, -0.2) is 0 Å². The van der Waals surface area contributed by atoms with Crippen LogP contribution in [0.4, 0.5) is 0 Å². The molecular weight excluding hydrogens is 328 g/mol. The molecule has 0 saturated carbocycles. The summed E-state index contributed by atoms with van der Waals surface area (Å²) in [7, 11) is 0. The molecule has 0 fully saturated rings.